The summed E-state index contributed by atoms with van der Waals surface area (Å²) in [7, 11) is 0. The molecule has 1 fully saturated rings. The summed E-state index contributed by atoms with van der Waals surface area (Å²) in [5.41, 5.74) is -2.16. The molecule has 180 valence electrons. The summed E-state index contributed by atoms with van der Waals surface area (Å²) in [4.78, 5) is 27.2. The van der Waals surface area contributed by atoms with E-state index in [2.05, 4.69) is 12.1 Å². The van der Waals surface area contributed by atoms with Crippen LogP contribution in [0.15, 0.2) is 99.7 Å². The Morgan fingerprint density at radius 3 is 2.16 bits per heavy atom. The van der Waals surface area contributed by atoms with Crippen molar-refractivity contribution in [2.75, 3.05) is 0 Å². The van der Waals surface area contributed by atoms with E-state index in [9.17, 15) is 25.2 Å². The van der Waals surface area contributed by atoms with Crippen LogP contribution in [0.25, 0.3) is 16.7 Å². The molecular formula is C30H19ClN2O4. The van der Waals surface area contributed by atoms with E-state index in [1.807, 2.05) is 0 Å². The topological polar surface area (TPSA) is 115 Å². The Bertz CT molecular complexity index is 1680. The summed E-state index contributed by atoms with van der Waals surface area (Å²) in [6, 6.07) is 27.9. The third-order valence-corrected chi connectivity index (χ3v) is 7.34. The van der Waals surface area contributed by atoms with Crippen LogP contribution in [-0.2, 0) is 4.79 Å². The van der Waals surface area contributed by atoms with Crippen LogP contribution in [0.3, 0.4) is 0 Å². The molecule has 0 spiro atoms. The van der Waals surface area contributed by atoms with Crippen LogP contribution in [0.2, 0.25) is 5.02 Å². The summed E-state index contributed by atoms with van der Waals surface area (Å²) in [6.07, 6.45) is -0.218. The molecule has 0 saturated heterocycles. The maximum Gasteiger partial charge on any atom is 0.341 e. The number of hydrogen-bond acceptors (Lipinski definition) is 6. The number of aliphatic hydroxyl groups is 1. The lowest BCUT2D eigenvalue weighted by Crippen LogP contribution is -2.43. The Hall–Kier alpha value is -4.65. The van der Waals surface area contributed by atoms with Gasteiger partial charge in [0.15, 0.2) is 11.2 Å². The van der Waals surface area contributed by atoms with Gasteiger partial charge < -0.3 is 9.52 Å². The number of carbonyl (C=O) groups is 1. The van der Waals surface area contributed by atoms with Crippen molar-refractivity contribution in [2.24, 2.45) is 5.41 Å². The number of rotatable bonds is 3. The predicted octanol–water partition coefficient (Wildman–Crippen LogP) is 6.29. The second kappa shape index (κ2) is 9.43. The lowest BCUT2D eigenvalue weighted by Gasteiger charge is -2.41. The molecule has 2 atom stereocenters. The van der Waals surface area contributed by atoms with Crippen molar-refractivity contribution >= 4 is 34.1 Å². The number of Topliss-reactive ketones (excluding diaryl/α,β-unsaturated/α-hetero) is 1. The first-order valence-electron chi connectivity index (χ1n) is 11.5. The highest BCUT2D eigenvalue weighted by molar-refractivity contribution is 6.36. The van der Waals surface area contributed by atoms with Gasteiger partial charge in [0, 0.05) is 28.9 Å². The van der Waals surface area contributed by atoms with Crippen LogP contribution in [0.1, 0.15) is 34.9 Å². The molecule has 5 rings (SSSR count). The normalized spacial score (nSPS) is 20.1. The van der Waals surface area contributed by atoms with Gasteiger partial charge in [0.1, 0.15) is 11.3 Å². The van der Waals surface area contributed by atoms with E-state index in [4.69, 9.17) is 16.0 Å². The van der Waals surface area contributed by atoms with Crippen molar-refractivity contribution in [3.05, 3.63) is 123 Å². The first-order chi connectivity index (χ1) is 17.9. The molecule has 1 aromatic heterocycles. The standard InChI is InChI=1S/C30H19ClN2O4/c31-27-20-13-7-8-14-23(20)37-29(36)25(27)26-24(28(35)19-11-5-2-6-12-19)22(34)15-21(30(26,16-32)17-33)18-9-3-1-4-10-18/h1-14,21,26,35H,15H2/b28-24-/t21-,26-/m1/s1. The Kier molecular flexibility index (Phi) is 6.13. The largest absolute Gasteiger partial charge is 0.507 e. The lowest BCUT2D eigenvalue weighted by atomic mass is 9.55. The van der Waals surface area contributed by atoms with Gasteiger partial charge in [0.25, 0.3) is 0 Å². The number of ketones is 1. The fraction of sp³-hybridized carbons (Fsp3) is 0.133. The number of halogens is 1. The Labute approximate surface area is 217 Å². The first kappa shape index (κ1) is 24.1. The molecule has 1 heterocycles. The van der Waals surface area contributed by atoms with Crippen molar-refractivity contribution in [1.82, 2.24) is 0 Å². The summed E-state index contributed by atoms with van der Waals surface area (Å²) in [5.74, 6) is -3.29. The van der Waals surface area contributed by atoms with E-state index < -0.39 is 34.4 Å². The van der Waals surface area contributed by atoms with Gasteiger partial charge in [-0.05, 0) is 17.7 Å². The molecule has 1 aliphatic carbocycles. The predicted molar refractivity (Wildman–Crippen MR) is 139 cm³/mol. The van der Waals surface area contributed by atoms with Crippen molar-refractivity contribution in [3.63, 3.8) is 0 Å². The van der Waals surface area contributed by atoms with E-state index >= 15 is 0 Å². The van der Waals surface area contributed by atoms with Crippen LogP contribution in [-0.4, -0.2) is 10.9 Å². The van der Waals surface area contributed by atoms with E-state index in [0.29, 0.717) is 16.5 Å². The van der Waals surface area contributed by atoms with Gasteiger partial charge in [-0.2, -0.15) is 10.5 Å². The Morgan fingerprint density at radius 2 is 1.51 bits per heavy atom. The van der Waals surface area contributed by atoms with Crippen molar-refractivity contribution < 1.29 is 14.3 Å². The number of aliphatic hydroxyl groups excluding tert-OH is 1. The SMILES string of the molecule is N#CC1(C#N)[C@@H](c2ccccc2)CC(=O)/C(=C(/O)c2ccccc2)[C@@H]1c1c(Cl)c2ccccc2oc1=O. The van der Waals surface area contributed by atoms with Gasteiger partial charge in [-0.1, -0.05) is 84.4 Å². The van der Waals surface area contributed by atoms with Crippen LogP contribution in [0.4, 0.5) is 0 Å². The van der Waals surface area contributed by atoms with E-state index in [1.165, 1.54) is 0 Å². The Morgan fingerprint density at radius 1 is 0.919 bits per heavy atom. The zero-order valence-corrected chi connectivity index (χ0v) is 20.1. The molecule has 37 heavy (non-hydrogen) atoms. The summed E-state index contributed by atoms with van der Waals surface area (Å²) >= 11 is 6.78. The molecule has 1 N–H and O–H groups in total. The monoisotopic (exact) mass is 506 g/mol. The van der Waals surface area contributed by atoms with Crippen molar-refractivity contribution in [1.29, 1.82) is 10.5 Å². The third-order valence-electron chi connectivity index (χ3n) is 6.93. The number of benzene rings is 3. The minimum absolute atomic E-state index is 0.0356. The fourth-order valence-corrected chi connectivity index (χ4v) is 5.53. The summed E-state index contributed by atoms with van der Waals surface area (Å²) < 4.78 is 5.54. The fourth-order valence-electron chi connectivity index (χ4n) is 5.19. The zero-order chi connectivity index (χ0) is 26.2. The molecule has 7 heteroatoms. The van der Waals surface area contributed by atoms with Crippen LogP contribution in [0.5, 0.6) is 0 Å². The minimum Gasteiger partial charge on any atom is -0.507 e. The first-order valence-corrected chi connectivity index (χ1v) is 11.9. The number of nitrogens with zero attached hydrogens (tertiary/aromatic N) is 2. The number of fused-ring (bicyclic) bond motifs is 1. The number of carbonyl (C=O) groups excluding carboxylic acids is 1. The average molecular weight is 507 g/mol. The molecule has 1 saturated carbocycles. The van der Waals surface area contributed by atoms with E-state index in [-0.39, 0.29) is 28.2 Å². The number of allylic oxidation sites excluding steroid dienone is 1. The van der Waals surface area contributed by atoms with Gasteiger partial charge in [-0.3, -0.25) is 4.79 Å². The molecule has 0 amide bonds. The summed E-state index contributed by atoms with van der Waals surface area (Å²) in [6.45, 7) is 0. The highest BCUT2D eigenvalue weighted by atomic mass is 35.5. The quantitative estimate of drug-likeness (QED) is 0.198. The van der Waals surface area contributed by atoms with Gasteiger partial charge in [-0.15, -0.1) is 0 Å². The average Bonchev–Trinajstić information content (AvgIpc) is 2.94. The second-order valence-corrected chi connectivity index (χ2v) is 9.24. The van der Waals surface area contributed by atoms with Gasteiger partial charge in [-0.25, -0.2) is 4.79 Å². The number of para-hydroxylation sites is 1. The van der Waals surface area contributed by atoms with Gasteiger partial charge in [0.05, 0.1) is 28.6 Å². The molecular weight excluding hydrogens is 488 g/mol. The maximum absolute atomic E-state index is 13.8. The molecule has 3 aromatic carbocycles. The van der Waals surface area contributed by atoms with E-state index in [0.717, 1.165) is 0 Å². The Balaban J connectivity index is 1.91. The van der Waals surface area contributed by atoms with Gasteiger partial charge >= 0.3 is 5.63 Å². The molecule has 0 unspecified atom stereocenters. The zero-order valence-electron chi connectivity index (χ0n) is 19.4. The lowest BCUT2D eigenvalue weighted by molar-refractivity contribution is -0.118. The molecule has 1 aliphatic rings. The molecule has 0 aliphatic heterocycles. The van der Waals surface area contributed by atoms with Crippen molar-refractivity contribution in [3.8, 4) is 12.1 Å². The molecule has 0 bridgehead atoms. The maximum atomic E-state index is 13.8. The highest BCUT2D eigenvalue weighted by Crippen LogP contribution is 2.57. The van der Waals surface area contributed by atoms with Crippen LogP contribution >= 0.6 is 11.6 Å². The van der Waals surface area contributed by atoms with Gasteiger partial charge in [0.2, 0.25) is 0 Å². The van der Waals surface area contributed by atoms with Crippen LogP contribution < -0.4 is 5.63 Å². The van der Waals surface area contributed by atoms with Crippen molar-refractivity contribution in [2.45, 2.75) is 18.3 Å². The number of nitriles is 2. The smallest absolute Gasteiger partial charge is 0.341 e. The number of hydrogen-bond donors (Lipinski definition) is 1. The molecule has 6 nitrogen and oxygen atoms in total. The highest BCUT2D eigenvalue weighted by Gasteiger charge is 2.57. The minimum atomic E-state index is -1.96. The van der Waals surface area contributed by atoms with E-state index in [1.54, 1.807) is 84.9 Å². The summed E-state index contributed by atoms with van der Waals surface area (Å²) in [5, 5.41) is 32.9. The second-order valence-electron chi connectivity index (χ2n) is 8.86. The van der Waals surface area contributed by atoms with Crippen LogP contribution in [0, 0.1) is 28.1 Å². The molecule has 4 aromatic rings. The third kappa shape index (κ3) is 3.80. The molecule has 0 radical (unpaired) electrons.